The highest BCUT2D eigenvalue weighted by atomic mass is 79.9. The first kappa shape index (κ1) is 33.5. The van der Waals surface area contributed by atoms with Crippen LogP contribution in [0, 0.1) is 0 Å². The van der Waals surface area contributed by atoms with Crippen molar-refractivity contribution in [2.75, 3.05) is 22.1 Å². The Morgan fingerprint density at radius 1 is 0.578 bits per heavy atom. The second-order valence-electron chi connectivity index (χ2n) is 10.0. The fourth-order valence-electron chi connectivity index (χ4n) is 4.41. The van der Waals surface area contributed by atoms with Gasteiger partial charge in [-0.1, -0.05) is 98.6 Å². The van der Waals surface area contributed by atoms with Crippen LogP contribution in [0.3, 0.4) is 0 Å². The number of nitrogens with one attached hydrogen (secondary N) is 2. The maximum absolute atomic E-state index is 11.2. The molecule has 5 aromatic carbocycles. The van der Waals surface area contributed by atoms with E-state index < -0.39 is 7.12 Å². The highest BCUT2D eigenvalue weighted by Crippen LogP contribution is 2.29. The molecule has 8 nitrogen and oxygen atoms in total. The highest BCUT2D eigenvalue weighted by Gasteiger charge is 2.18. The van der Waals surface area contributed by atoms with Crippen molar-refractivity contribution in [1.82, 2.24) is 0 Å². The first-order chi connectivity index (χ1) is 21.6. The smallest absolute Gasteiger partial charge is 0.423 e. The van der Waals surface area contributed by atoms with Gasteiger partial charge in [0.1, 0.15) is 0 Å². The summed E-state index contributed by atoms with van der Waals surface area (Å²) in [5, 5.41) is 22.8. The van der Waals surface area contributed by atoms with Gasteiger partial charge < -0.3 is 32.1 Å². The zero-order valence-corrected chi connectivity index (χ0v) is 27.3. The number of benzene rings is 5. The van der Waals surface area contributed by atoms with Crippen LogP contribution in [0.15, 0.2) is 124 Å². The van der Waals surface area contributed by atoms with E-state index in [1.165, 1.54) is 5.56 Å². The number of hydrogen-bond donors (Lipinski definition) is 6. The number of nitrogen functional groups attached to an aromatic ring is 2. The molecule has 0 saturated heterocycles. The van der Waals surface area contributed by atoms with Gasteiger partial charge in [0, 0.05) is 20.3 Å². The molecule has 0 radical (unpaired) electrons. The molecule has 0 atom stereocenters. The lowest BCUT2D eigenvalue weighted by Gasteiger charge is -2.04. The van der Waals surface area contributed by atoms with E-state index in [2.05, 4.69) is 60.7 Å². The van der Waals surface area contributed by atoms with Gasteiger partial charge in [-0.25, -0.2) is 0 Å². The topological polar surface area (TPSA) is 151 Å². The lowest BCUT2D eigenvalue weighted by atomic mass is 9.81. The van der Waals surface area contributed by atoms with Crippen molar-refractivity contribution >= 4 is 79.0 Å². The van der Waals surface area contributed by atoms with E-state index in [9.17, 15) is 9.59 Å². The summed E-state index contributed by atoms with van der Waals surface area (Å²) in [6.07, 6.45) is 1.00. The van der Waals surface area contributed by atoms with Crippen molar-refractivity contribution in [3.05, 3.63) is 135 Å². The molecule has 8 N–H and O–H groups in total. The normalized spacial score (nSPS) is 12.0. The Labute approximate surface area is 278 Å². The summed E-state index contributed by atoms with van der Waals surface area (Å²) in [6, 6.07) is 36.1. The van der Waals surface area contributed by atoms with Crippen molar-refractivity contribution in [3.8, 4) is 11.1 Å². The summed E-state index contributed by atoms with van der Waals surface area (Å²) in [5.74, 6) is 0.165. The standard InChI is InChI=1S/C14H11NO.C8H6BrNO.C6H7BO2.C6H7BrN2/c16-14-9-12-8-11(6-7-13(12)15-14)10-4-2-1-3-5-10;9-6-1-2-7-5(3-6)4-8(11)10-7;8-7(9)6-4-2-1-3-5-6;7-4-1-2-5(8)6(9)3-4/h1-8H,9H2,(H,15,16);1-3H,4H2,(H,10,11);1-5,8-9H;1-3H,8-9H2. The van der Waals surface area contributed by atoms with Gasteiger partial charge in [-0.15, -0.1) is 0 Å². The van der Waals surface area contributed by atoms with Crippen LogP contribution in [0.5, 0.6) is 0 Å². The Kier molecular flexibility index (Phi) is 11.9. The highest BCUT2D eigenvalue weighted by molar-refractivity contribution is 9.10. The molecule has 228 valence electrons. The minimum atomic E-state index is -1.34. The minimum absolute atomic E-state index is 0.0816. The number of anilines is 4. The number of carbonyl (C=O) groups excluding carboxylic acids is 2. The molecule has 0 bridgehead atoms. The first-order valence-electron chi connectivity index (χ1n) is 13.9. The monoisotopic (exact) mass is 728 g/mol. The predicted octanol–water partition coefficient (Wildman–Crippen LogP) is 5.77. The number of hydrogen-bond acceptors (Lipinski definition) is 6. The molecule has 5 aromatic rings. The summed E-state index contributed by atoms with van der Waals surface area (Å²) >= 11 is 6.61. The van der Waals surface area contributed by atoms with Crippen LogP contribution in [-0.4, -0.2) is 29.0 Å². The maximum Gasteiger partial charge on any atom is 0.488 e. The third kappa shape index (κ3) is 10.1. The van der Waals surface area contributed by atoms with Gasteiger partial charge in [0.2, 0.25) is 11.8 Å². The summed E-state index contributed by atoms with van der Waals surface area (Å²) in [6.45, 7) is 0. The van der Waals surface area contributed by atoms with Gasteiger partial charge in [-0.05, 0) is 76.2 Å². The molecule has 0 unspecified atom stereocenters. The van der Waals surface area contributed by atoms with E-state index in [0.29, 0.717) is 29.7 Å². The number of halogens is 2. The Morgan fingerprint density at radius 2 is 1.09 bits per heavy atom. The lowest BCUT2D eigenvalue weighted by Crippen LogP contribution is -2.29. The predicted molar refractivity (Wildman–Crippen MR) is 190 cm³/mol. The van der Waals surface area contributed by atoms with Gasteiger partial charge in [-0.3, -0.25) is 9.59 Å². The molecule has 0 spiro atoms. The summed E-state index contributed by atoms with van der Waals surface area (Å²) < 4.78 is 1.97. The van der Waals surface area contributed by atoms with Gasteiger partial charge in [-0.2, -0.15) is 0 Å². The van der Waals surface area contributed by atoms with Gasteiger partial charge in [0.05, 0.1) is 24.2 Å². The van der Waals surface area contributed by atoms with E-state index >= 15 is 0 Å². The Morgan fingerprint density at radius 3 is 1.62 bits per heavy atom. The Bertz CT molecular complexity index is 1770. The van der Waals surface area contributed by atoms with Crippen LogP contribution in [0.4, 0.5) is 22.7 Å². The van der Waals surface area contributed by atoms with E-state index in [-0.39, 0.29) is 11.8 Å². The second kappa shape index (κ2) is 16.1. The number of rotatable bonds is 2. The second-order valence-corrected chi connectivity index (χ2v) is 11.9. The Hall–Kier alpha value is -4.42. The molecule has 0 aromatic heterocycles. The van der Waals surface area contributed by atoms with Crippen LogP contribution in [0.2, 0.25) is 0 Å². The van der Waals surface area contributed by atoms with Crippen molar-refractivity contribution in [3.63, 3.8) is 0 Å². The van der Waals surface area contributed by atoms with Gasteiger partial charge in [0.25, 0.3) is 0 Å². The Balaban J connectivity index is 0.000000141. The summed E-state index contributed by atoms with van der Waals surface area (Å²) in [7, 11) is -1.34. The third-order valence-electron chi connectivity index (χ3n) is 6.68. The number of fused-ring (bicyclic) bond motifs is 2. The SMILES string of the molecule is Nc1ccc(Br)cc1N.O=C1Cc2cc(-c3ccccc3)ccc2N1.O=C1Cc2cc(Br)ccc2N1.OB(O)c1ccccc1. The van der Waals surface area contributed by atoms with Crippen LogP contribution in [0.1, 0.15) is 11.1 Å². The molecule has 45 heavy (non-hydrogen) atoms. The molecule has 2 aliphatic rings. The van der Waals surface area contributed by atoms with Crippen molar-refractivity contribution in [1.29, 1.82) is 0 Å². The quantitative estimate of drug-likeness (QED) is 0.100. The average Bonchev–Trinajstić information content (AvgIpc) is 3.60. The van der Waals surface area contributed by atoms with Crippen LogP contribution in [-0.2, 0) is 22.4 Å². The van der Waals surface area contributed by atoms with E-state index in [4.69, 9.17) is 21.5 Å². The molecule has 0 fully saturated rings. The summed E-state index contributed by atoms with van der Waals surface area (Å²) in [4.78, 5) is 22.1. The zero-order valence-electron chi connectivity index (χ0n) is 24.1. The third-order valence-corrected chi connectivity index (χ3v) is 7.66. The molecule has 0 aliphatic carbocycles. The molecule has 7 rings (SSSR count). The van der Waals surface area contributed by atoms with E-state index in [1.807, 2.05) is 60.7 Å². The molecule has 2 heterocycles. The number of carbonyl (C=O) groups is 2. The summed E-state index contributed by atoms with van der Waals surface area (Å²) in [5.41, 5.74) is 19.1. The molecule has 11 heteroatoms. The van der Waals surface area contributed by atoms with Crippen molar-refractivity contribution in [2.24, 2.45) is 0 Å². The van der Waals surface area contributed by atoms with E-state index in [1.54, 1.807) is 36.4 Å². The molecule has 2 aliphatic heterocycles. The zero-order chi connectivity index (χ0) is 32.3. The minimum Gasteiger partial charge on any atom is -0.423 e. The lowest BCUT2D eigenvalue weighted by molar-refractivity contribution is -0.115. The maximum atomic E-state index is 11.2. The van der Waals surface area contributed by atoms with Crippen LogP contribution in [0.25, 0.3) is 11.1 Å². The fourth-order valence-corrected chi connectivity index (χ4v) is 5.20. The molecule has 2 amide bonds. The number of nitrogens with two attached hydrogens (primary N) is 2. The fraction of sp³-hybridized carbons (Fsp3) is 0.0588. The largest absolute Gasteiger partial charge is 0.488 e. The van der Waals surface area contributed by atoms with Gasteiger partial charge >= 0.3 is 7.12 Å². The van der Waals surface area contributed by atoms with Crippen molar-refractivity contribution < 1.29 is 19.6 Å². The number of amides is 2. The van der Waals surface area contributed by atoms with Gasteiger partial charge in [0.15, 0.2) is 0 Å². The molecule has 0 saturated carbocycles. The van der Waals surface area contributed by atoms with Crippen LogP contribution >= 0.6 is 31.9 Å². The molecular weight excluding hydrogens is 699 g/mol. The van der Waals surface area contributed by atoms with Crippen molar-refractivity contribution in [2.45, 2.75) is 12.8 Å². The van der Waals surface area contributed by atoms with E-state index in [0.717, 1.165) is 37.0 Å². The average molecular weight is 730 g/mol. The molecular formula is C34H31BBr2N4O4. The van der Waals surface area contributed by atoms with Crippen LogP contribution < -0.4 is 27.6 Å². The first-order valence-corrected chi connectivity index (χ1v) is 15.5.